The van der Waals surface area contributed by atoms with Gasteiger partial charge in [-0.05, 0) is 38.7 Å². The molecule has 0 heterocycles. The average molecular weight is 228 g/mol. The SMILES string of the molecule is N#C[C]1C=c2ccc3cccc4ccc(c2c43)C1. The molecular weight excluding hydrogens is 218 g/mol. The van der Waals surface area contributed by atoms with Gasteiger partial charge in [-0.15, -0.1) is 0 Å². The summed E-state index contributed by atoms with van der Waals surface area (Å²) in [6, 6.07) is 17.3. The van der Waals surface area contributed by atoms with Crippen molar-refractivity contribution in [2.45, 2.75) is 6.42 Å². The van der Waals surface area contributed by atoms with Crippen molar-refractivity contribution >= 4 is 27.6 Å². The number of rotatable bonds is 0. The minimum absolute atomic E-state index is 0.757. The Kier molecular flexibility index (Phi) is 1.79. The fourth-order valence-electron chi connectivity index (χ4n) is 2.97. The maximum Gasteiger partial charge on any atom is 0.103 e. The van der Waals surface area contributed by atoms with E-state index in [9.17, 15) is 0 Å². The third-order valence-electron chi connectivity index (χ3n) is 3.75. The summed E-state index contributed by atoms with van der Waals surface area (Å²) in [5.74, 6) is 0.848. The van der Waals surface area contributed by atoms with Crippen molar-refractivity contribution < 1.29 is 0 Å². The van der Waals surface area contributed by atoms with Crippen molar-refractivity contribution in [1.29, 1.82) is 5.26 Å². The summed E-state index contributed by atoms with van der Waals surface area (Å²) in [5.41, 5.74) is 1.27. The summed E-state index contributed by atoms with van der Waals surface area (Å²) < 4.78 is 0. The van der Waals surface area contributed by atoms with E-state index in [2.05, 4.69) is 48.5 Å². The molecule has 83 valence electrons. The third-order valence-corrected chi connectivity index (χ3v) is 3.75. The summed E-state index contributed by atoms with van der Waals surface area (Å²) >= 11 is 0. The Morgan fingerprint density at radius 1 is 0.889 bits per heavy atom. The van der Waals surface area contributed by atoms with E-state index < -0.39 is 0 Å². The van der Waals surface area contributed by atoms with E-state index >= 15 is 0 Å². The van der Waals surface area contributed by atoms with E-state index in [4.69, 9.17) is 5.26 Å². The zero-order valence-electron chi connectivity index (χ0n) is 9.77. The highest BCUT2D eigenvalue weighted by atomic mass is 14.3. The second-order valence-corrected chi connectivity index (χ2v) is 4.79. The molecule has 1 nitrogen and oxygen atoms in total. The highest BCUT2D eigenvalue weighted by Gasteiger charge is 2.16. The number of nitriles is 1. The molecule has 0 saturated heterocycles. The van der Waals surface area contributed by atoms with Crippen LogP contribution in [0.1, 0.15) is 5.56 Å². The van der Waals surface area contributed by atoms with Crippen LogP contribution in [-0.4, -0.2) is 0 Å². The minimum atomic E-state index is 0.757. The molecule has 0 unspecified atom stereocenters. The Hall–Kier alpha value is -2.33. The maximum absolute atomic E-state index is 9.10. The molecule has 3 aromatic carbocycles. The number of nitrogens with zero attached hydrogens (tertiary/aromatic N) is 1. The molecule has 0 N–H and O–H groups in total. The Morgan fingerprint density at radius 2 is 1.67 bits per heavy atom. The van der Waals surface area contributed by atoms with Crippen LogP contribution in [-0.2, 0) is 6.42 Å². The summed E-state index contributed by atoms with van der Waals surface area (Å²) in [4.78, 5) is 0. The van der Waals surface area contributed by atoms with E-state index in [0.29, 0.717) is 0 Å². The Labute approximate surface area is 105 Å². The van der Waals surface area contributed by atoms with Crippen molar-refractivity contribution in [3.05, 3.63) is 59.2 Å². The van der Waals surface area contributed by atoms with Crippen molar-refractivity contribution in [1.82, 2.24) is 0 Å². The molecule has 0 aromatic heterocycles. The molecule has 1 radical (unpaired) electrons. The van der Waals surface area contributed by atoms with Crippen molar-refractivity contribution in [2.75, 3.05) is 0 Å². The highest BCUT2D eigenvalue weighted by molar-refractivity contribution is 6.12. The summed E-state index contributed by atoms with van der Waals surface area (Å²) in [5, 5.41) is 15.5. The zero-order chi connectivity index (χ0) is 12.1. The van der Waals surface area contributed by atoms with Gasteiger partial charge in [0.2, 0.25) is 0 Å². The molecule has 18 heavy (non-hydrogen) atoms. The normalized spacial score (nSPS) is 14.6. The average Bonchev–Trinajstić information content (AvgIpc) is 2.44. The highest BCUT2D eigenvalue weighted by Crippen LogP contribution is 2.30. The van der Waals surface area contributed by atoms with Crippen molar-refractivity contribution in [3.8, 4) is 6.07 Å². The van der Waals surface area contributed by atoms with Crippen LogP contribution in [0.3, 0.4) is 0 Å². The monoisotopic (exact) mass is 228 g/mol. The van der Waals surface area contributed by atoms with Gasteiger partial charge in [0, 0.05) is 0 Å². The zero-order valence-corrected chi connectivity index (χ0v) is 9.77. The second kappa shape index (κ2) is 3.34. The summed E-state index contributed by atoms with van der Waals surface area (Å²) in [6.45, 7) is 0. The molecule has 0 spiro atoms. The van der Waals surface area contributed by atoms with E-state index in [1.807, 2.05) is 6.08 Å². The lowest BCUT2D eigenvalue weighted by Crippen LogP contribution is -2.14. The molecular formula is C17H10N. The largest absolute Gasteiger partial charge is 0.197 e. The number of hydrogen-bond donors (Lipinski definition) is 0. The predicted molar refractivity (Wildman–Crippen MR) is 73.7 cm³/mol. The molecule has 0 aliphatic heterocycles. The van der Waals surface area contributed by atoms with Crippen LogP contribution in [0.2, 0.25) is 0 Å². The molecule has 3 aromatic rings. The smallest absolute Gasteiger partial charge is 0.103 e. The predicted octanol–water partition coefficient (Wildman–Crippen LogP) is 3.15. The Balaban J connectivity index is 2.30. The molecule has 0 amide bonds. The third kappa shape index (κ3) is 1.15. The molecule has 0 fully saturated rings. The topological polar surface area (TPSA) is 23.8 Å². The van der Waals surface area contributed by atoms with Crippen LogP contribution >= 0.6 is 0 Å². The summed E-state index contributed by atoms with van der Waals surface area (Å²) in [7, 11) is 0. The van der Waals surface area contributed by atoms with Crippen LogP contribution in [0, 0.1) is 17.2 Å². The van der Waals surface area contributed by atoms with Gasteiger partial charge in [-0.25, -0.2) is 0 Å². The van der Waals surface area contributed by atoms with Crippen LogP contribution in [0.25, 0.3) is 27.6 Å². The Morgan fingerprint density at radius 3 is 2.44 bits per heavy atom. The van der Waals surface area contributed by atoms with Gasteiger partial charge in [-0.1, -0.05) is 48.5 Å². The van der Waals surface area contributed by atoms with Crippen LogP contribution in [0.5, 0.6) is 0 Å². The van der Waals surface area contributed by atoms with Gasteiger partial charge in [0.15, 0.2) is 0 Å². The Bertz CT molecular complexity index is 852. The van der Waals surface area contributed by atoms with E-state index in [-0.39, 0.29) is 0 Å². The first kappa shape index (κ1) is 9.67. The molecule has 4 rings (SSSR count). The number of benzene rings is 3. The molecule has 1 aliphatic carbocycles. The first-order chi connectivity index (χ1) is 8.86. The lowest BCUT2D eigenvalue weighted by Gasteiger charge is -2.16. The molecule has 0 atom stereocenters. The molecule has 1 heteroatoms. The lowest BCUT2D eigenvalue weighted by atomic mass is 9.86. The van der Waals surface area contributed by atoms with Gasteiger partial charge in [0.05, 0.1) is 6.07 Å². The van der Waals surface area contributed by atoms with E-state index in [1.54, 1.807) is 0 Å². The van der Waals surface area contributed by atoms with Gasteiger partial charge in [-0.3, -0.25) is 0 Å². The molecule has 0 bridgehead atoms. The van der Waals surface area contributed by atoms with Crippen LogP contribution in [0.4, 0.5) is 0 Å². The van der Waals surface area contributed by atoms with Gasteiger partial charge in [-0.2, -0.15) is 5.26 Å². The fourth-order valence-corrected chi connectivity index (χ4v) is 2.97. The number of hydrogen-bond acceptors (Lipinski definition) is 1. The maximum atomic E-state index is 9.10. The quantitative estimate of drug-likeness (QED) is 0.580. The van der Waals surface area contributed by atoms with Gasteiger partial charge in [0.25, 0.3) is 0 Å². The standard InChI is InChI=1S/C17H10N/c18-10-11-8-14-6-4-12-2-1-3-13-5-7-15(9-11)17(14)16(12)13/h1-8H,9H2. The molecule has 0 saturated carbocycles. The van der Waals surface area contributed by atoms with Crippen LogP contribution in [0.15, 0.2) is 42.5 Å². The minimum Gasteiger partial charge on any atom is -0.197 e. The van der Waals surface area contributed by atoms with Crippen molar-refractivity contribution in [2.24, 2.45) is 0 Å². The van der Waals surface area contributed by atoms with Crippen molar-refractivity contribution in [3.63, 3.8) is 0 Å². The van der Waals surface area contributed by atoms with Crippen LogP contribution < -0.4 is 5.22 Å². The fraction of sp³-hybridized carbons (Fsp3) is 0.0588. The van der Waals surface area contributed by atoms with E-state index in [0.717, 1.165) is 12.3 Å². The van der Waals surface area contributed by atoms with Gasteiger partial charge < -0.3 is 0 Å². The van der Waals surface area contributed by atoms with Gasteiger partial charge in [0.1, 0.15) is 5.92 Å². The van der Waals surface area contributed by atoms with E-state index in [1.165, 1.54) is 32.3 Å². The molecule has 1 aliphatic rings. The second-order valence-electron chi connectivity index (χ2n) is 4.79. The van der Waals surface area contributed by atoms with Gasteiger partial charge >= 0.3 is 0 Å². The first-order valence-electron chi connectivity index (χ1n) is 6.07. The first-order valence-corrected chi connectivity index (χ1v) is 6.07. The lowest BCUT2D eigenvalue weighted by molar-refractivity contribution is 1.12. The summed E-state index contributed by atoms with van der Waals surface area (Å²) in [6.07, 6.45) is 2.78.